The van der Waals surface area contributed by atoms with E-state index in [1.54, 1.807) is 0 Å². The average Bonchev–Trinajstić information content (AvgIpc) is 2.90. The molecule has 1 aromatic rings. The predicted octanol–water partition coefficient (Wildman–Crippen LogP) is 2.38. The molecule has 2 aliphatic heterocycles. The number of esters is 1. The van der Waals surface area contributed by atoms with Crippen LogP contribution in [0.3, 0.4) is 0 Å². The number of nitrogens with one attached hydrogen (secondary N) is 1. The maximum atomic E-state index is 13.6. The van der Waals surface area contributed by atoms with Crippen LogP contribution in [0.5, 0.6) is 0 Å². The Morgan fingerprint density at radius 1 is 1.24 bits per heavy atom. The van der Waals surface area contributed by atoms with Crippen molar-refractivity contribution in [3.8, 4) is 0 Å². The normalized spacial score (nSPS) is 21.8. The summed E-state index contributed by atoms with van der Waals surface area (Å²) in [6.45, 7) is 1.20. The number of ether oxygens (including phenoxy) is 1. The molecule has 0 unspecified atom stereocenters. The molecule has 8 nitrogen and oxygen atoms in total. The summed E-state index contributed by atoms with van der Waals surface area (Å²) in [7, 11) is 1.20. The molecule has 11 heteroatoms. The second kappa shape index (κ2) is 7.37. The minimum absolute atomic E-state index is 0.0148. The maximum absolute atomic E-state index is 13.6. The Labute approximate surface area is 163 Å². The molecule has 2 fully saturated rings. The van der Waals surface area contributed by atoms with E-state index in [9.17, 15) is 32.3 Å². The van der Waals surface area contributed by atoms with Gasteiger partial charge in [0.25, 0.3) is 5.91 Å². The number of alkyl halides is 3. The molecule has 0 aromatic heterocycles. The van der Waals surface area contributed by atoms with Crippen molar-refractivity contribution in [3.05, 3.63) is 23.8 Å². The number of anilines is 2. The Balaban J connectivity index is 1.98. The Kier molecular flexibility index (Phi) is 5.24. The van der Waals surface area contributed by atoms with Crippen molar-refractivity contribution in [1.29, 1.82) is 0 Å². The zero-order valence-electron chi connectivity index (χ0n) is 15.6. The van der Waals surface area contributed by atoms with Crippen molar-refractivity contribution in [1.82, 2.24) is 4.90 Å². The number of fused-ring (bicyclic) bond motifs is 1. The van der Waals surface area contributed by atoms with Crippen LogP contribution in [0.1, 0.15) is 25.3 Å². The smallest absolute Gasteiger partial charge is 0.418 e. The number of carbonyl (C=O) groups is 4. The maximum Gasteiger partial charge on any atom is 0.418 e. The van der Waals surface area contributed by atoms with Crippen LogP contribution in [-0.2, 0) is 25.3 Å². The highest BCUT2D eigenvalue weighted by atomic mass is 19.4. The zero-order valence-corrected chi connectivity index (χ0v) is 15.6. The molecule has 2 aliphatic rings. The number of rotatable bonds is 3. The molecule has 29 heavy (non-hydrogen) atoms. The summed E-state index contributed by atoms with van der Waals surface area (Å²) in [6, 6.07) is 0.921. The number of hydrogen-bond acceptors (Lipinski definition) is 5. The Morgan fingerprint density at radius 2 is 1.93 bits per heavy atom. The Morgan fingerprint density at radius 3 is 2.52 bits per heavy atom. The van der Waals surface area contributed by atoms with Gasteiger partial charge < -0.3 is 15.0 Å². The highest BCUT2D eigenvalue weighted by Crippen LogP contribution is 2.41. The lowest BCUT2D eigenvalue weighted by molar-refractivity contribution is -0.147. The van der Waals surface area contributed by atoms with Crippen LogP contribution in [0.25, 0.3) is 0 Å². The molecule has 0 bridgehead atoms. The molecule has 0 saturated carbocycles. The van der Waals surface area contributed by atoms with Gasteiger partial charge in [0.05, 0.1) is 24.3 Å². The molecular weight excluding hydrogens is 395 g/mol. The molecule has 156 valence electrons. The van der Waals surface area contributed by atoms with Gasteiger partial charge in [-0.15, -0.1) is 0 Å². The van der Waals surface area contributed by atoms with E-state index < -0.39 is 53.2 Å². The van der Waals surface area contributed by atoms with Gasteiger partial charge in [0.1, 0.15) is 6.04 Å². The van der Waals surface area contributed by atoms with E-state index in [0.29, 0.717) is 11.0 Å². The van der Waals surface area contributed by atoms with Crippen LogP contribution < -0.4 is 10.2 Å². The number of nitrogens with zero attached hydrogens (tertiary/aromatic N) is 2. The van der Waals surface area contributed by atoms with Gasteiger partial charge >= 0.3 is 18.2 Å². The fourth-order valence-corrected chi connectivity index (χ4v) is 3.64. The van der Waals surface area contributed by atoms with E-state index in [1.807, 2.05) is 0 Å². The first-order valence-electron chi connectivity index (χ1n) is 8.75. The lowest BCUT2D eigenvalue weighted by Crippen LogP contribution is -2.44. The second-order valence-corrected chi connectivity index (χ2v) is 6.82. The van der Waals surface area contributed by atoms with Crippen molar-refractivity contribution < 1.29 is 37.1 Å². The van der Waals surface area contributed by atoms with Gasteiger partial charge in [-0.1, -0.05) is 0 Å². The third-order valence-corrected chi connectivity index (χ3v) is 4.94. The van der Waals surface area contributed by atoms with E-state index in [2.05, 4.69) is 10.1 Å². The van der Waals surface area contributed by atoms with E-state index in [4.69, 9.17) is 0 Å². The minimum atomic E-state index is -4.87. The summed E-state index contributed by atoms with van der Waals surface area (Å²) in [5.74, 6) is -2.53. The zero-order chi connectivity index (χ0) is 21.5. The van der Waals surface area contributed by atoms with E-state index in [0.717, 1.165) is 13.0 Å². The molecule has 4 amide bonds. The fourth-order valence-electron chi connectivity index (χ4n) is 3.64. The molecule has 0 aliphatic carbocycles. The number of urea groups is 1. The van der Waals surface area contributed by atoms with Gasteiger partial charge in [-0.25, -0.2) is 9.69 Å². The summed E-state index contributed by atoms with van der Waals surface area (Å²) < 4.78 is 45.5. The number of piperidine rings is 1. The first-order valence-corrected chi connectivity index (χ1v) is 8.75. The topological polar surface area (TPSA) is 96.0 Å². The first-order chi connectivity index (χ1) is 13.5. The highest BCUT2D eigenvalue weighted by Gasteiger charge is 2.51. The van der Waals surface area contributed by atoms with Crippen molar-refractivity contribution >= 4 is 35.2 Å². The summed E-state index contributed by atoms with van der Waals surface area (Å²) in [6.07, 6.45) is -4.63. The standard InChI is InChI=1S/C18H18F3N3O5/c1-9(25)22-11-3-4-13(12(8-11)18(19,20)21)24-15(26)14-7-10(16(27)29-2)5-6-23(14)17(24)28/h3-4,8,10,14H,5-7H2,1-2H3,(H,22,25)/t10-,14-/m1/s1. The first kappa shape index (κ1) is 20.6. The predicted molar refractivity (Wildman–Crippen MR) is 93.9 cm³/mol. The summed E-state index contributed by atoms with van der Waals surface area (Å²) in [5.41, 5.74) is -1.96. The molecular formula is C18H18F3N3O5. The van der Waals surface area contributed by atoms with Gasteiger partial charge in [0.2, 0.25) is 5.91 Å². The lowest BCUT2D eigenvalue weighted by Gasteiger charge is -2.30. The van der Waals surface area contributed by atoms with Crippen LogP contribution in [-0.4, -0.2) is 48.4 Å². The minimum Gasteiger partial charge on any atom is -0.469 e. The van der Waals surface area contributed by atoms with Gasteiger partial charge in [-0.3, -0.25) is 14.4 Å². The van der Waals surface area contributed by atoms with Crippen molar-refractivity contribution in [3.63, 3.8) is 0 Å². The average molecular weight is 413 g/mol. The van der Waals surface area contributed by atoms with Gasteiger partial charge in [0.15, 0.2) is 0 Å². The fraction of sp³-hybridized carbons (Fsp3) is 0.444. The Bertz CT molecular complexity index is 886. The van der Waals surface area contributed by atoms with Crippen LogP contribution >= 0.6 is 0 Å². The van der Waals surface area contributed by atoms with Crippen molar-refractivity contribution in [2.24, 2.45) is 5.92 Å². The number of methoxy groups -OCH3 is 1. The Hall–Kier alpha value is -3.11. The van der Waals surface area contributed by atoms with Crippen LogP contribution in [0.15, 0.2) is 18.2 Å². The molecule has 1 N–H and O–H groups in total. The largest absolute Gasteiger partial charge is 0.469 e. The number of imide groups is 1. The third kappa shape index (κ3) is 3.76. The van der Waals surface area contributed by atoms with Crippen LogP contribution in [0, 0.1) is 5.92 Å². The number of carbonyl (C=O) groups excluding carboxylic acids is 4. The molecule has 0 radical (unpaired) electrons. The lowest BCUT2D eigenvalue weighted by atomic mass is 9.91. The van der Waals surface area contributed by atoms with Gasteiger partial charge in [-0.05, 0) is 31.0 Å². The molecule has 3 rings (SSSR count). The summed E-state index contributed by atoms with van der Waals surface area (Å²) >= 11 is 0. The van der Waals surface area contributed by atoms with Crippen LogP contribution in [0.4, 0.5) is 29.3 Å². The van der Waals surface area contributed by atoms with Crippen LogP contribution in [0.2, 0.25) is 0 Å². The number of amides is 4. The number of benzene rings is 1. The van der Waals surface area contributed by atoms with E-state index in [-0.39, 0.29) is 25.1 Å². The second-order valence-electron chi connectivity index (χ2n) is 6.82. The molecule has 2 heterocycles. The number of halogens is 3. The number of hydrogen-bond donors (Lipinski definition) is 1. The van der Waals surface area contributed by atoms with Gasteiger partial charge in [0, 0.05) is 19.2 Å². The molecule has 0 spiro atoms. The van der Waals surface area contributed by atoms with E-state index >= 15 is 0 Å². The third-order valence-electron chi connectivity index (χ3n) is 4.94. The quantitative estimate of drug-likeness (QED) is 0.606. The summed E-state index contributed by atoms with van der Waals surface area (Å²) in [5, 5.41) is 2.24. The van der Waals surface area contributed by atoms with E-state index in [1.165, 1.54) is 18.1 Å². The van der Waals surface area contributed by atoms with Crippen molar-refractivity contribution in [2.75, 3.05) is 23.9 Å². The van der Waals surface area contributed by atoms with Gasteiger partial charge in [-0.2, -0.15) is 13.2 Å². The SMILES string of the molecule is COC(=O)[C@@H]1CCN2C(=O)N(c3ccc(NC(C)=O)cc3C(F)(F)F)C(=O)[C@H]2C1. The highest BCUT2D eigenvalue weighted by molar-refractivity contribution is 6.22. The molecule has 1 aromatic carbocycles. The molecule has 2 atom stereocenters. The van der Waals surface area contributed by atoms with Crippen molar-refractivity contribution in [2.45, 2.75) is 32.0 Å². The monoisotopic (exact) mass is 413 g/mol. The summed E-state index contributed by atoms with van der Waals surface area (Å²) in [4.78, 5) is 50.1. The molecule has 2 saturated heterocycles.